The Labute approximate surface area is 93.8 Å². The maximum atomic E-state index is 11.5. The van der Waals surface area contributed by atoms with Crippen molar-refractivity contribution in [1.82, 2.24) is 9.97 Å². The second-order valence-corrected chi connectivity index (χ2v) is 3.70. The van der Waals surface area contributed by atoms with E-state index >= 15 is 0 Å². The van der Waals surface area contributed by atoms with Crippen LogP contribution in [0.15, 0.2) is 35.4 Å². The van der Waals surface area contributed by atoms with Crippen LogP contribution in [-0.2, 0) is 0 Å². The topological polar surface area (TPSA) is 45.8 Å². The third kappa shape index (κ3) is 2.19. The molecule has 0 saturated heterocycles. The van der Waals surface area contributed by atoms with Crippen molar-refractivity contribution in [3.05, 3.63) is 46.5 Å². The number of hydrogen-bond acceptors (Lipinski definition) is 2. The maximum Gasteiger partial charge on any atom is 0.258 e. The highest BCUT2D eigenvalue weighted by molar-refractivity contribution is 5.80. The molecule has 0 amide bonds. The molecule has 2 aromatic rings. The predicted octanol–water partition coefficient (Wildman–Crippen LogP) is 2.74. The van der Waals surface area contributed by atoms with Crippen molar-refractivity contribution < 1.29 is 0 Å². The lowest BCUT2D eigenvalue weighted by Crippen LogP contribution is -2.05. The highest BCUT2D eigenvalue weighted by Gasteiger charge is 1.98. The molecule has 1 heterocycles. The number of nitrogens with one attached hydrogen (secondary N) is 1. The molecule has 0 spiro atoms. The van der Waals surface area contributed by atoms with Gasteiger partial charge in [0.05, 0.1) is 17.2 Å². The van der Waals surface area contributed by atoms with Crippen LogP contribution in [0.5, 0.6) is 0 Å². The Hall–Kier alpha value is -1.90. The number of hydrogen-bond donors (Lipinski definition) is 1. The van der Waals surface area contributed by atoms with Crippen LogP contribution >= 0.6 is 0 Å². The number of nitrogens with zero attached hydrogens (tertiary/aromatic N) is 1. The van der Waals surface area contributed by atoms with E-state index in [1.54, 1.807) is 0 Å². The van der Waals surface area contributed by atoms with Gasteiger partial charge in [-0.2, -0.15) is 0 Å². The number of fused-ring (bicyclic) bond motifs is 1. The molecule has 0 bridgehead atoms. The smallest absolute Gasteiger partial charge is 0.258 e. The molecule has 0 saturated carbocycles. The second-order valence-electron chi connectivity index (χ2n) is 3.70. The lowest BCUT2D eigenvalue weighted by molar-refractivity contribution is 0.962. The van der Waals surface area contributed by atoms with Crippen LogP contribution < -0.4 is 5.56 Å². The minimum atomic E-state index is -0.0873. The highest BCUT2D eigenvalue weighted by Crippen LogP contribution is 2.11. The van der Waals surface area contributed by atoms with Gasteiger partial charge in [0.15, 0.2) is 0 Å². The first kappa shape index (κ1) is 10.6. The zero-order chi connectivity index (χ0) is 11.4. The summed E-state index contributed by atoms with van der Waals surface area (Å²) < 4.78 is 0. The lowest BCUT2D eigenvalue weighted by Gasteiger charge is -1.97. The first-order valence-corrected chi connectivity index (χ1v) is 5.45. The summed E-state index contributed by atoms with van der Waals surface area (Å²) in [6, 6.07) is 5.71. The van der Waals surface area contributed by atoms with Crippen molar-refractivity contribution in [1.29, 1.82) is 0 Å². The molecule has 1 N–H and O–H groups in total. The predicted molar refractivity (Wildman–Crippen MR) is 66.3 cm³/mol. The number of aromatic nitrogens is 2. The molecule has 3 nitrogen and oxygen atoms in total. The van der Waals surface area contributed by atoms with Crippen LogP contribution in [-0.4, -0.2) is 9.97 Å². The van der Waals surface area contributed by atoms with Gasteiger partial charge < -0.3 is 4.98 Å². The summed E-state index contributed by atoms with van der Waals surface area (Å²) in [7, 11) is 0. The Balaban J connectivity index is 2.43. The Bertz CT molecular complexity index is 569. The van der Waals surface area contributed by atoms with Crippen LogP contribution in [0.4, 0.5) is 0 Å². The highest BCUT2D eigenvalue weighted by atomic mass is 16.1. The molecule has 2 rings (SSSR count). The van der Waals surface area contributed by atoms with Crippen molar-refractivity contribution in [3.8, 4) is 0 Å². The lowest BCUT2D eigenvalue weighted by atomic mass is 10.1. The number of benzene rings is 1. The summed E-state index contributed by atoms with van der Waals surface area (Å²) in [5.41, 5.74) is 1.69. The number of unbranched alkanes of at least 4 members (excludes halogenated alkanes) is 1. The van der Waals surface area contributed by atoms with Gasteiger partial charge in [0, 0.05) is 0 Å². The van der Waals surface area contributed by atoms with Gasteiger partial charge in [0.1, 0.15) is 0 Å². The van der Waals surface area contributed by atoms with Crippen LogP contribution in [0.3, 0.4) is 0 Å². The van der Waals surface area contributed by atoms with Gasteiger partial charge in [-0.15, -0.1) is 0 Å². The van der Waals surface area contributed by atoms with Gasteiger partial charge in [-0.05, 0) is 24.1 Å². The van der Waals surface area contributed by atoms with E-state index in [0.717, 1.165) is 23.9 Å². The maximum absolute atomic E-state index is 11.5. The third-order valence-corrected chi connectivity index (χ3v) is 2.43. The van der Waals surface area contributed by atoms with Gasteiger partial charge >= 0.3 is 0 Å². The molecular formula is C13H14N2O. The average molecular weight is 214 g/mol. The van der Waals surface area contributed by atoms with E-state index in [9.17, 15) is 4.79 Å². The third-order valence-electron chi connectivity index (χ3n) is 2.43. The summed E-state index contributed by atoms with van der Waals surface area (Å²) in [6.07, 6.45) is 7.77. The Morgan fingerprint density at radius 1 is 1.44 bits per heavy atom. The van der Waals surface area contributed by atoms with Crippen molar-refractivity contribution in [2.24, 2.45) is 0 Å². The van der Waals surface area contributed by atoms with E-state index in [0.29, 0.717) is 5.39 Å². The summed E-state index contributed by atoms with van der Waals surface area (Å²) in [5, 5.41) is 0.640. The molecule has 0 atom stereocenters. The molecule has 0 aliphatic heterocycles. The van der Waals surface area contributed by atoms with Gasteiger partial charge in [0.2, 0.25) is 0 Å². The van der Waals surface area contributed by atoms with Gasteiger partial charge in [-0.1, -0.05) is 31.6 Å². The van der Waals surface area contributed by atoms with E-state index in [1.807, 2.05) is 24.3 Å². The van der Waals surface area contributed by atoms with E-state index in [1.165, 1.54) is 6.33 Å². The van der Waals surface area contributed by atoms with Crippen molar-refractivity contribution >= 4 is 17.0 Å². The largest absolute Gasteiger partial charge is 0.313 e. The molecule has 0 unspecified atom stereocenters. The molecule has 0 aliphatic carbocycles. The summed E-state index contributed by atoms with van der Waals surface area (Å²) in [4.78, 5) is 18.2. The average Bonchev–Trinajstić information content (AvgIpc) is 2.30. The Morgan fingerprint density at radius 3 is 3.12 bits per heavy atom. The quantitative estimate of drug-likeness (QED) is 0.853. The first-order valence-electron chi connectivity index (χ1n) is 5.45. The van der Waals surface area contributed by atoms with E-state index < -0.39 is 0 Å². The molecule has 1 aromatic heterocycles. The monoisotopic (exact) mass is 214 g/mol. The zero-order valence-corrected chi connectivity index (χ0v) is 9.23. The number of allylic oxidation sites excluding steroid dienone is 1. The SMILES string of the molecule is CCC/C=C/c1ccc2nc[nH]c(=O)c2c1. The fraction of sp³-hybridized carbons (Fsp3) is 0.231. The van der Waals surface area contributed by atoms with E-state index in [-0.39, 0.29) is 5.56 Å². The molecule has 0 fully saturated rings. The van der Waals surface area contributed by atoms with Crippen LogP contribution in [0.1, 0.15) is 25.3 Å². The number of aromatic amines is 1. The summed E-state index contributed by atoms with van der Waals surface area (Å²) in [6.45, 7) is 2.14. The molecule has 0 radical (unpaired) electrons. The number of H-pyrrole nitrogens is 1. The van der Waals surface area contributed by atoms with Crippen molar-refractivity contribution in [2.75, 3.05) is 0 Å². The Morgan fingerprint density at radius 2 is 2.31 bits per heavy atom. The van der Waals surface area contributed by atoms with Crippen molar-refractivity contribution in [2.45, 2.75) is 19.8 Å². The normalized spacial score (nSPS) is 11.3. The van der Waals surface area contributed by atoms with Crippen molar-refractivity contribution in [3.63, 3.8) is 0 Å². The molecule has 1 aromatic carbocycles. The molecule has 16 heavy (non-hydrogen) atoms. The standard InChI is InChI=1S/C13H14N2O/c1-2-3-4-5-10-6-7-12-11(8-10)13(16)15-9-14-12/h4-9H,2-3H2,1H3,(H,14,15,16)/b5-4+. The Kier molecular flexibility index (Phi) is 3.15. The van der Waals surface area contributed by atoms with Gasteiger partial charge in [-0.25, -0.2) is 4.98 Å². The minimum Gasteiger partial charge on any atom is -0.313 e. The van der Waals surface area contributed by atoms with Crippen LogP contribution in [0, 0.1) is 0 Å². The van der Waals surface area contributed by atoms with Gasteiger partial charge in [-0.3, -0.25) is 4.79 Å². The van der Waals surface area contributed by atoms with Crippen LogP contribution in [0.2, 0.25) is 0 Å². The summed E-state index contributed by atoms with van der Waals surface area (Å²) in [5.74, 6) is 0. The van der Waals surface area contributed by atoms with E-state index in [4.69, 9.17) is 0 Å². The summed E-state index contributed by atoms with van der Waals surface area (Å²) >= 11 is 0. The number of rotatable bonds is 3. The van der Waals surface area contributed by atoms with E-state index in [2.05, 4.69) is 23.0 Å². The molecule has 3 heteroatoms. The second kappa shape index (κ2) is 4.75. The fourth-order valence-corrected chi connectivity index (χ4v) is 1.58. The minimum absolute atomic E-state index is 0.0873. The first-order chi connectivity index (χ1) is 7.81. The van der Waals surface area contributed by atoms with Crippen LogP contribution in [0.25, 0.3) is 17.0 Å². The molecule has 0 aliphatic rings. The zero-order valence-electron chi connectivity index (χ0n) is 9.23. The van der Waals surface area contributed by atoms with Gasteiger partial charge in [0.25, 0.3) is 5.56 Å². The molecular weight excluding hydrogens is 200 g/mol. The fourth-order valence-electron chi connectivity index (χ4n) is 1.58. The molecule has 82 valence electrons.